The van der Waals surface area contributed by atoms with Crippen LogP contribution in [0.3, 0.4) is 0 Å². The van der Waals surface area contributed by atoms with Gasteiger partial charge in [0, 0.05) is 16.7 Å². The summed E-state index contributed by atoms with van der Waals surface area (Å²) in [6.45, 7) is 1.31. The molecule has 3 aromatic rings. The predicted molar refractivity (Wildman–Crippen MR) is 94.8 cm³/mol. The second-order valence-corrected chi connectivity index (χ2v) is 6.31. The highest BCUT2D eigenvalue weighted by Crippen LogP contribution is 2.42. The fourth-order valence-electron chi connectivity index (χ4n) is 3.01. The number of fused-ring (bicyclic) bond motifs is 1. The summed E-state index contributed by atoms with van der Waals surface area (Å²) in [4.78, 5) is 0. The number of nitrogens with zero attached hydrogens (tertiary/aromatic N) is 2. The highest BCUT2D eigenvalue weighted by Gasteiger charge is 2.28. The Hall–Kier alpha value is -2.40. The first-order valence-corrected chi connectivity index (χ1v) is 7.97. The van der Waals surface area contributed by atoms with Gasteiger partial charge in [-0.1, -0.05) is 37.2 Å². The van der Waals surface area contributed by atoms with Gasteiger partial charge in [0.25, 0.3) is 0 Å². The summed E-state index contributed by atoms with van der Waals surface area (Å²) >= 11 is 0. The van der Waals surface area contributed by atoms with E-state index in [0.717, 1.165) is 33.1 Å². The Morgan fingerprint density at radius 2 is 1.83 bits per heavy atom. The van der Waals surface area contributed by atoms with Crippen molar-refractivity contribution in [2.75, 3.05) is 5.73 Å². The second-order valence-electron chi connectivity index (χ2n) is 6.31. The van der Waals surface area contributed by atoms with E-state index in [0.29, 0.717) is 11.7 Å². The Balaban J connectivity index is 1.88. The maximum Gasteiger partial charge on any atom is 0.320 e. The number of hydrogen-bond acceptors (Lipinski definition) is 4. The Morgan fingerprint density at radius 1 is 1.04 bits per heavy atom. The molecule has 1 saturated carbocycles. The molecule has 0 unspecified atom stereocenters. The van der Waals surface area contributed by atoms with Crippen molar-refractivity contribution in [1.82, 2.24) is 10.2 Å². The van der Waals surface area contributed by atoms with Crippen molar-refractivity contribution in [3.63, 3.8) is 0 Å². The number of aromatic nitrogens is 2. The van der Waals surface area contributed by atoms with Gasteiger partial charge in [-0.3, -0.25) is 0 Å². The van der Waals surface area contributed by atoms with Crippen LogP contribution < -0.4 is 11.2 Å². The number of nitrogens with two attached hydrogens (primary N) is 1. The van der Waals surface area contributed by atoms with Gasteiger partial charge in [-0.15, -0.1) is 5.10 Å². The van der Waals surface area contributed by atoms with E-state index in [1.807, 2.05) is 24.3 Å². The van der Waals surface area contributed by atoms with Crippen LogP contribution in [0.4, 0.5) is 5.82 Å². The van der Waals surface area contributed by atoms with Crippen LogP contribution in [-0.4, -0.2) is 22.1 Å². The molecule has 1 aliphatic rings. The van der Waals surface area contributed by atoms with E-state index in [-0.39, 0.29) is 0 Å². The average molecular weight is 303 g/mol. The molecule has 4 rings (SSSR count). The Kier molecular flexibility index (Phi) is 3.31. The van der Waals surface area contributed by atoms with Gasteiger partial charge < -0.3 is 10.8 Å². The van der Waals surface area contributed by atoms with Crippen molar-refractivity contribution in [1.29, 1.82) is 0 Å². The monoisotopic (exact) mass is 303 g/mol. The smallest absolute Gasteiger partial charge is 0.320 e. The van der Waals surface area contributed by atoms with Crippen LogP contribution in [0.2, 0.25) is 6.82 Å². The SMILES string of the molecule is CB(O)c1cccc(-c2ccc3c(N)nnc(C4CC4)c3c2)c1. The molecule has 0 spiro atoms. The van der Waals surface area contributed by atoms with E-state index in [2.05, 4.69) is 28.4 Å². The lowest BCUT2D eigenvalue weighted by molar-refractivity contribution is 0.594. The quantitative estimate of drug-likeness (QED) is 0.729. The molecule has 5 heteroatoms. The number of benzene rings is 2. The van der Waals surface area contributed by atoms with Crippen molar-refractivity contribution < 1.29 is 5.02 Å². The number of rotatable bonds is 3. The van der Waals surface area contributed by atoms with Crippen molar-refractivity contribution >= 4 is 29.0 Å². The van der Waals surface area contributed by atoms with Gasteiger partial charge >= 0.3 is 6.92 Å². The summed E-state index contributed by atoms with van der Waals surface area (Å²) in [7, 11) is 0. The lowest BCUT2D eigenvalue weighted by atomic mass is 9.64. The molecule has 23 heavy (non-hydrogen) atoms. The van der Waals surface area contributed by atoms with Crippen molar-refractivity contribution in [2.45, 2.75) is 25.6 Å². The largest absolute Gasteiger partial charge is 0.447 e. The Labute approximate surface area is 135 Å². The third-order valence-corrected chi connectivity index (χ3v) is 4.50. The molecular formula is C18H18BN3O. The Bertz CT molecular complexity index is 891. The molecule has 1 aliphatic carbocycles. The molecule has 0 atom stereocenters. The van der Waals surface area contributed by atoms with E-state index < -0.39 is 6.92 Å². The summed E-state index contributed by atoms with van der Waals surface area (Å²) in [5.41, 5.74) is 10.2. The summed E-state index contributed by atoms with van der Waals surface area (Å²) in [5, 5.41) is 20.3. The Morgan fingerprint density at radius 3 is 2.57 bits per heavy atom. The molecular weight excluding hydrogens is 285 g/mol. The molecule has 4 nitrogen and oxygen atoms in total. The molecule has 0 saturated heterocycles. The van der Waals surface area contributed by atoms with Crippen LogP contribution in [-0.2, 0) is 0 Å². The fourth-order valence-corrected chi connectivity index (χ4v) is 3.01. The summed E-state index contributed by atoms with van der Waals surface area (Å²) in [6.07, 6.45) is 2.35. The first-order chi connectivity index (χ1) is 11.1. The van der Waals surface area contributed by atoms with E-state index in [4.69, 9.17) is 5.73 Å². The first-order valence-electron chi connectivity index (χ1n) is 7.97. The minimum Gasteiger partial charge on any atom is -0.447 e. The number of nitrogen functional groups attached to an aromatic ring is 1. The van der Waals surface area contributed by atoms with Gasteiger partial charge in [0.05, 0.1) is 5.69 Å². The number of hydrogen-bond donors (Lipinski definition) is 2. The minimum absolute atomic E-state index is 0.473. The van der Waals surface area contributed by atoms with Gasteiger partial charge in [0.1, 0.15) is 0 Å². The fraction of sp³-hybridized carbons (Fsp3) is 0.222. The third-order valence-electron chi connectivity index (χ3n) is 4.50. The minimum atomic E-state index is -0.473. The van der Waals surface area contributed by atoms with Crippen LogP contribution >= 0.6 is 0 Å². The van der Waals surface area contributed by atoms with Gasteiger partial charge in [-0.05, 0) is 41.6 Å². The molecule has 0 bridgehead atoms. The molecule has 0 radical (unpaired) electrons. The zero-order chi connectivity index (χ0) is 16.0. The maximum atomic E-state index is 9.79. The average Bonchev–Trinajstić information content (AvgIpc) is 3.40. The van der Waals surface area contributed by atoms with Crippen LogP contribution in [0, 0.1) is 0 Å². The summed E-state index contributed by atoms with van der Waals surface area (Å²) < 4.78 is 0. The van der Waals surface area contributed by atoms with Crippen LogP contribution in [0.25, 0.3) is 21.9 Å². The molecule has 2 aromatic carbocycles. The molecule has 0 amide bonds. The lowest BCUT2D eigenvalue weighted by Crippen LogP contribution is -2.25. The summed E-state index contributed by atoms with van der Waals surface area (Å²) in [6, 6.07) is 14.2. The zero-order valence-electron chi connectivity index (χ0n) is 13.0. The van der Waals surface area contributed by atoms with Crippen molar-refractivity contribution in [3.05, 3.63) is 48.2 Å². The van der Waals surface area contributed by atoms with E-state index in [1.54, 1.807) is 6.82 Å². The molecule has 1 aromatic heterocycles. The van der Waals surface area contributed by atoms with E-state index >= 15 is 0 Å². The van der Waals surface area contributed by atoms with Crippen molar-refractivity contribution in [2.24, 2.45) is 0 Å². The highest BCUT2D eigenvalue weighted by atomic mass is 16.2. The van der Waals surface area contributed by atoms with Gasteiger partial charge in [0.2, 0.25) is 0 Å². The zero-order valence-corrected chi connectivity index (χ0v) is 13.0. The number of anilines is 1. The van der Waals surface area contributed by atoms with Gasteiger partial charge in [0.15, 0.2) is 5.82 Å². The van der Waals surface area contributed by atoms with E-state index in [9.17, 15) is 5.02 Å². The molecule has 114 valence electrons. The third kappa shape index (κ3) is 2.57. The first kappa shape index (κ1) is 14.2. The van der Waals surface area contributed by atoms with Gasteiger partial charge in [-0.25, -0.2) is 0 Å². The summed E-state index contributed by atoms with van der Waals surface area (Å²) in [5.74, 6) is 0.998. The van der Waals surface area contributed by atoms with Crippen LogP contribution in [0.15, 0.2) is 42.5 Å². The highest BCUT2D eigenvalue weighted by molar-refractivity contribution is 6.64. The van der Waals surface area contributed by atoms with Crippen LogP contribution in [0.5, 0.6) is 0 Å². The van der Waals surface area contributed by atoms with Crippen LogP contribution in [0.1, 0.15) is 24.5 Å². The van der Waals surface area contributed by atoms with Crippen molar-refractivity contribution in [3.8, 4) is 11.1 Å². The predicted octanol–water partition coefficient (Wildman–Crippen LogP) is 2.58. The molecule has 1 heterocycles. The normalized spacial score (nSPS) is 14.2. The van der Waals surface area contributed by atoms with E-state index in [1.165, 1.54) is 12.8 Å². The lowest BCUT2D eigenvalue weighted by Gasteiger charge is -2.10. The van der Waals surface area contributed by atoms with Gasteiger partial charge in [-0.2, -0.15) is 5.10 Å². The topological polar surface area (TPSA) is 72.0 Å². The molecule has 1 fully saturated rings. The maximum absolute atomic E-state index is 9.79. The molecule has 3 N–H and O–H groups in total. The molecule has 0 aliphatic heterocycles. The standard InChI is InChI=1S/C18H18BN3O/c1-19(23)14-4-2-3-12(9-14)13-7-8-15-16(10-13)17(11-5-6-11)21-22-18(15)20/h2-4,7-11,23H,5-6H2,1H3,(H2,20,22). The second kappa shape index (κ2) is 5.35.